The number of nitrogens with zero attached hydrogens (tertiary/aromatic N) is 4. The molecule has 3 heterocycles. The van der Waals surface area contributed by atoms with Gasteiger partial charge in [0.25, 0.3) is 0 Å². The van der Waals surface area contributed by atoms with Crippen LogP contribution in [0.5, 0.6) is 11.5 Å². The van der Waals surface area contributed by atoms with Gasteiger partial charge in [0.1, 0.15) is 30.5 Å². The SMILES string of the molecule is Cc1nc(N2CCN(S(=O)(=O)c3ccc4c(c3)OCCO4)CC2)cc(C(F)(F)F)n1. The van der Waals surface area contributed by atoms with Crippen molar-refractivity contribution in [2.75, 3.05) is 44.3 Å². The lowest BCUT2D eigenvalue weighted by molar-refractivity contribution is -0.141. The first-order valence-electron chi connectivity index (χ1n) is 9.22. The van der Waals surface area contributed by atoms with Gasteiger partial charge in [0.05, 0.1) is 4.90 Å². The average Bonchev–Trinajstić information content (AvgIpc) is 2.72. The zero-order chi connectivity index (χ0) is 21.5. The number of benzene rings is 1. The minimum absolute atomic E-state index is 0.00570. The maximum atomic E-state index is 13.0. The number of hydrogen-bond acceptors (Lipinski definition) is 7. The number of fused-ring (bicyclic) bond motifs is 1. The van der Waals surface area contributed by atoms with Crippen LogP contribution < -0.4 is 14.4 Å². The predicted octanol–water partition coefficient (Wildman–Crippen LogP) is 2.09. The molecule has 2 aliphatic heterocycles. The number of halogens is 3. The monoisotopic (exact) mass is 444 g/mol. The fourth-order valence-electron chi connectivity index (χ4n) is 3.35. The van der Waals surface area contributed by atoms with Gasteiger partial charge in [0, 0.05) is 38.3 Å². The molecule has 12 heteroatoms. The van der Waals surface area contributed by atoms with Crippen LogP contribution in [0.3, 0.4) is 0 Å². The van der Waals surface area contributed by atoms with Crippen molar-refractivity contribution >= 4 is 15.8 Å². The summed E-state index contributed by atoms with van der Waals surface area (Å²) in [6.45, 7) is 2.77. The van der Waals surface area contributed by atoms with E-state index in [1.165, 1.54) is 23.4 Å². The second kappa shape index (κ2) is 7.58. The van der Waals surface area contributed by atoms with Crippen LogP contribution in [0, 0.1) is 6.92 Å². The Morgan fingerprint density at radius 2 is 1.63 bits per heavy atom. The maximum Gasteiger partial charge on any atom is 0.433 e. The van der Waals surface area contributed by atoms with Crippen LogP contribution in [0.4, 0.5) is 19.0 Å². The zero-order valence-corrected chi connectivity index (χ0v) is 16.8. The van der Waals surface area contributed by atoms with Crippen LogP contribution in [0.1, 0.15) is 11.5 Å². The summed E-state index contributed by atoms with van der Waals surface area (Å²) in [6, 6.07) is 5.33. The first kappa shape index (κ1) is 20.7. The van der Waals surface area contributed by atoms with Gasteiger partial charge in [-0.3, -0.25) is 0 Å². The molecule has 0 bridgehead atoms. The van der Waals surface area contributed by atoms with Crippen LogP contribution in [0.2, 0.25) is 0 Å². The van der Waals surface area contributed by atoms with Crippen molar-refractivity contribution in [1.82, 2.24) is 14.3 Å². The van der Waals surface area contributed by atoms with Gasteiger partial charge in [0.15, 0.2) is 11.5 Å². The molecular weight excluding hydrogens is 425 g/mol. The highest BCUT2D eigenvalue weighted by Gasteiger charge is 2.35. The molecule has 4 rings (SSSR count). The molecule has 0 amide bonds. The minimum Gasteiger partial charge on any atom is -0.486 e. The number of rotatable bonds is 3. The number of piperazine rings is 1. The summed E-state index contributed by atoms with van der Waals surface area (Å²) < 4.78 is 77.2. The molecule has 0 aliphatic carbocycles. The van der Waals surface area contributed by atoms with E-state index in [0.29, 0.717) is 24.7 Å². The number of alkyl halides is 3. The number of sulfonamides is 1. The van der Waals surface area contributed by atoms with Gasteiger partial charge >= 0.3 is 6.18 Å². The van der Waals surface area contributed by atoms with Crippen molar-refractivity contribution in [3.8, 4) is 11.5 Å². The van der Waals surface area contributed by atoms with Gasteiger partial charge in [0.2, 0.25) is 10.0 Å². The fourth-order valence-corrected chi connectivity index (χ4v) is 4.79. The van der Waals surface area contributed by atoms with Gasteiger partial charge in [-0.2, -0.15) is 17.5 Å². The highest BCUT2D eigenvalue weighted by Crippen LogP contribution is 2.34. The number of hydrogen-bond donors (Lipinski definition) is 0. The largest absolute Gasteiger partial charge is 0.486 e. The van der Waals surface area contributed by atoms with Crippen molar-refractivity contribution in [2.24, 2.45) is 0 Å². The number of anilines is 1. The summed E-state index contributed by atoms with van der Waals surface area (Å²) in [7, 11) is -3.78. The van der Waals surface area contributed by atoms with E-state index in [1.54, 1.807) is 11.0 Å². The smallest absolute Gasteiger partial charge is 0.433 e. The number of aromatic nitrogens is 2. The van der Waals surface area contributed by atoms with E-state index in [0.717, 1.165) is 6.07 Å². The summed E-state index contributed by atoms with van der Waals surface area (Å²) in [4.78, 5) is 9.22. The second-order valence-corrected chi connectivity index (χ2v) is 8.79. The predicted molar refractivity (Wildman–Crippen MR) is 100 cm³/mol. The molecule has 30 heavy (non-hydrogen) atoms. The van der Waals surface area contributed by atoms with E-state index in [2.05, 4.69) is 9.97 Å². The molecular formula is C18H19F3N4O4S. The Morgan fingerprint density at radius 3 is 2.30 bits per heavy atom. The third-order valence-electron chi connectivity index (χ3n) is 4.83. The van der Waals surface area contributed by atoms with Crippen molar-refractivity contribution in [2.45, 2.75) is 18.0 Å². The second-order valence-electron chi connectivity index (χ2n) is 6.85. The molecule has 0 atom stereocenters. The normalized spacial score (nSPS) is 17.8. The van der Waals surface area contributed by atoms with E-state index in [1.807, 2.05) is 0 Å². The first-order chi connectivity index (χ1) is 14.1. The van der Waals surface area contributed by atoms with E-state index in [-0.39, 0.29) is 42.7 Å². The molecule has 8 nitrogen and oxygen atoms in total. The Bertz CT molecular complexity index is 1050. The zero-order valence-electron chi connectivity index (χ0n) is 16.0. The molecule has 0 spiro atoms. The summed E-state index contributed by atoms with van der Waals surface area (Å²) >= 11 is 0. The van der Waals surface area contributed by atoms with Gasteiger partial charge < -0.3 is 14.4 Å². The highest BCUT2D eigenvalue weighted by atomic mass is 32.2. The Hall–Kier alpha value is -2.60. The van der Waals surface area contributed by atoms with Crippen LogP contribution in [-0.2, 0) is 16.2 Å². The third-order valence-corrected chi connectivity index (χ3v) is 6.72. The molecule has 2 aromatic rings. The Balaban J connectivity index is 1.50. The molecule has 1 fully saturated rings. The van der Waals surface area contributed by atoms with E-state index < -0.39 is 21.9 Å². The topological polar surface area (TPSA) is 84.9 Å². The lowest BCUT2D eigenvalue weighted by Gasteiger charge is -2.35. The summed E-state index contributed by atoms with van der Waals surface area (Å²) in [5.74, 6) is 0.999. The van der Waals surface area contributed by atoms with Gasteiger partial charge in [-0.15, -0.1) is 0 Å². The molecule has 162 valence electrons. The van der Waals surface area contributed by atoms with Crippen LogP contribution >= 0.6 is 0 Å². The molecule has 0 saturated carbocycles. The molecule has 2 aliphatic rings. The van der Waals surface area contributed by atoms with Crippen LogP contribution in [-0.4, -0.2) is 62.1 Å². The summed E-state index contributed by atoms with van der Waals surface area (Å²) in [6.07, 6.45) is -4.58. The summed E-state index contributed by atoms with van der Waals surface area (Å²) in [5, 5.41) is 0. The van der Waals surface area contributed by atoms with Gasteiger partial charge in [-0.1, -0.05) is 0 Å². The molecule has 1 saturated heterocycles. The number of ether oxygens (including phenoxy) is 2. The Morgan fingerprint density at radius 1 is 0.967 bits per heavy atom. The lowest BCUT2D eigenvalue weighted by atomic mass is 10.3. The number of aryl methyl sites for hydroxylation is 1. The maximum absolute atomic E-state index is 13.0. The highest BCUT2D eigenvalue weighted by molar-refractivity contribution is 7.89. The Labute approximate surface area is 171 Å². The van der Waals surface area contributed by atoms with Crippen molar-refractivity contribution in [1.29, 1.82) is 0 Å². The van der Waals surface area contributed by atoms with E-state index in [9.17, 15) is 21.6 Å². The Kier molecular flexibility index (Phi) is 5.22. The quantitative estimate of drug-likeness (QED) is 0.717. The average molecular weight is 444 g/mol. The lowest BCUT2D eigenvalue weighted by Crippen LogP contribution is -2.49. The third kappa shape index (κ3) is 4.01. The standard InChI is InChI=1S/C18H19F3N4O4S/c1-12-22-16(18(19,20)21)11-17(23-12)24-4-6-25(7-5-24)30(26,27)13-2-3-14-15(10-13)29-9-8-28-14/h2-3,10-11H,4-9H2,1H3. The van der Waals surface area contributed by atoms with Gasteiger partial charge in [-0.25, -0.2) is 18.4 Å². The van der Waals surface area contributed by atoms with Crippen LogP contribution in [0.25, 0.3) is 0 Å². The molecule has 1 aromatic carbocycles. The summed E-state index contributed by atoms with van der Waals surface area (Å²) in [5.41, 5.74) is -1.02. The van der Waals surface area contributed by atoms with Crippen LogP contribution in [0.15, 0.2) is 29.2 Å². The van der Waals surface area contributed by atoms with Crippen molar-refractivity contribution in [3.05, 3.63) is 35.8 Å². The van der Waals surface area contributed by atoms with Crippen molar-refractivity contribution < 1.29 is 31.1 Å². The van der Waals surface area contributed by atoms with Gasteiger partial charge in [-0.05, 0) is 19.1 Å². The molecule has 0 N–H and O–H groups in total. The molecule has 0 radical (unpaired) electrons. The molecule has 1 aromatic heterocycles. The first-order valence-corrected chi connectivity index (χ1v) is 10.7. The minimum atomic E-state index is -4.58. The molecule has 0 unspecified atom stereocenters. The van der Waals surface area contributed by atoms with Crippen molar-refractivity contribution in [3.63, 3.8) is 0 Å². The fraction of sp³-hybridized carbons (Fsp3) is 0.444. The van der Waals surface area contributed by atoms with E-state index in [4.69, 9.17) is 9.47 Å². The van der Waals surface area contributed by atoms with E-state index >= 15 is 0 Å².